The zero-order valence-electron chi connectivity index (χ0n) is 12.4. The molecule has 1 aliphatic heterocycles. The molecule has 118 valence electrons. The SMILES string of the molecule is COC(=O)C1CN(C)CCN1C(=O)c1ccccc1[N+](=O)[O-]. The van der Waals surface area contributed by atoms with Crippen LogP contribution in [0.15, 0.2) is 24.3 Å². The van der Waals surface area contributed by atoms with Gasteiger partial charge in [-0.25, -0.2) is 4.79 Å². The van der Waals surface area contributed by atoms with Gasteiger partial charge in [-0.05, 0) is 13.1 Å². The maximum Gasteiger partial charge on any atom is 0.329 e. The molecule has 0 spiro atoms. The lowest BCUT2D eigenvalue weighted by atomic mass is 10.1. The highest BCUT2D eigenvalue weighted by molar-refractivity contribution is 6.00. The summed E-state index contributed by atoms with van der Waals surface area (Å²) in [5.74, 6) is -1.06. The number of nitrogens with zero attached hydrogens (tertiary/aromatic N) is 3. The number of nitro benzene ring substituents is 1. The standard InChI is InChI=1S/C14H17N3O5/c1-15-7-8-16(12(9-15)14(19)22-2)13(18)10-5-3-4-6-11(10)17(20)21/h3-6,12H,7-9H2,1-2H3. The second-order valence-corrected chi connectivity index (χ2v) is 5.07. The molecule has 8 nitrogen and oxygen atoms in total. The van der Waals surface area contributed by atoms with Crippen LogP contribution in [0.1, 0.15) is 10.4 Å². The number of rotatable bonds is 3. The average Bonchev–Trinajstić information content (AvgIpc) is 2.53. The molecule has 22 heavy (non-hydrogen) atoms. The highest BCUT2D eigenvalue weighted by atomic mass is 16.6. The summed E-state index contributed by atoms with van der Waals surface area (Å²) in [7, 11) is 3.09. The van der Waals surface area contributed by atoms with E-state index in [1.807, 2.05) is 11.9 Å². The van der Waals surface area contributed by atoms with Crippen molar-refractivity contribution in [3.8, 4) is 0 Å². The van der Waals surface area contributed by atoms with Gasteiger partial charge in [-0.15, -0.1) is 0 Å². The molecule has 1 saturated heterocycles. The summed E-state index contributed by atoms with van der Waals surface area (Å²) >= 11 is 0. The van der Waals surface area contributed by atoms with Crippen LogP contribution in [0.25, 0.3) is 0 Å². The molecule has 1 amide bonds. The van der Waals surface area contributed by atoms with Crippen LogP contribution in [-0.2, 0) is 9.53 Å². The van der Waals surface area contributed by atoms with Crippen molar-refractivity contribution in [2.75, 3.05) is 33.8 Å². The zero-order chi connectivity index (χ0) is 16.3. The summed E-state index contributed by atoms with van der Waals surface area (Å²) < 4.78 is 4.74. The molecule has 1 fully saturated rings. The zero-order valence-corrected chi connectivity index (χ0v) is 12.4. The number of hydrogen-bond donors (Lipinski definition) is 0. The van der Waals surface area contributed by atoms with Gasteiger partial charge in [-0.1, -0.05) is 12.1 Å². The number of amides is 1. The Morgan fingerprint density at radius 1 is 1.32 bits per heavy atom. The topological polar surface area (TPSA) is 93.0 Å². The van der Waals surface area contributed by atoms with Crippen molar-refractivity contribution in [2.45, 2.75) is 6.04 Å². The first kappa shape index (κ1) is 15.9. The van der Waals surface area contributed by atoms with E-state index in [1.54, 1.807) is 6.07 Å². The number of likely N-dealkylation sites (N-methyl/N-ethyl adjacent to an activating group) is 1. The molecule has 1 heterocycles. The molecule has 2 rings (SSSR count). The number of hydrogen-bond acceptors (Lipinski definition) is 6. The normalized spacial score (nSPS) is 18.8. The van der Waals surface area contributed by atoms with Crippen molar-refractivity contribution in [1.29, 1.82) is 0 Å². The Morgan fingerprint density at radius 2 is 2.00 bits per heavy atom. The Hall–Kier alpha value is -2.48. The van der Waals surface area contributed by atoms with Crippen LogP contribution >= 0.6 is 0 Å². The molecule has 1 aromatic carbocycles. The number of ether oxygens (including phenoxy) is 1. The van der Waals surface area contributed by atoms with Crippen LogP contribution in [0.2, 0.25) is 0 Å². The molecular weight excluding hydrogens is 290 g/mol. The molecule has 0 aromatic heterocycles. The molecule has 1 aromatic rings. The molecule has 0 saturated carbocycles. The minimum absolute atomic E-state index is 0.0223. The van der Waals surface area contributed by atoms with Gasteiger partial charge >= 0.3 is 5.97 Å². The van der Waals surface area contributed by atoms with Gasteiger partial charge in [0, 0.05) is 25.7 Å². The highest BCUT2D eigenvalue weighted by Gasteiger charge is 2.37. The Morgan fingerprint density at radius 3 is 2.64 bits per heavy atom. The molecule has 8 heteroatoms. The second-order valence-electron chi connectivity index (χ2n) is 5.07. The molecule has 1 atom stereocenters. The molecular formula is C14H17N3O5. The van der Waals surface area contributed by atoms with Crippen molar-refractivity contribution >= 4 is 17.6 Å². The number of carbonyl (C=O) groups excluding carboxylic acids is 2. The second kappa shape index (κ2) is 6.52. The van der Waals surface area contributed by atoms with Gasteiger partial charge in [0.05, 0.1) is 12.0 Å². The van der Waals surface area contributed by atoms with Crippen LogP contribution in [-0.4, -0.2) is 66.4 Å². The van der Waals surface area contributed by atoms with Crippen LogP contribution in [0, 0.1) is 10.1 Å². The minimum Gasteiger partial charge on any atom is -0.467 e. The van der Waals surface area contributed by atoms with E-state index in [-0.39, 0.29) is 11.3 Å². The quantitative estimate of drug-likeness (QED) is 0.459. The summed E-state index contributed by atoms with van der Waals surface area (Å²) in [5, 5.41) is 11.1. The third kappa shape index (κ3) is 3.06. The summed E-state index contributed by atoms with van der Waals surface area (Å²) in [6.07, 6.45) is 0. The third-order valence-electron chi connectivity index (χ3n) is 3.65. The summed E-state index contributed by atoms with van der Waals surface area (Å²) in [6, 6.07) is 4.96. The van der Waals surface area contributed by atoms with Crippen LogP contribution < -0.4 is 0 Å². The number of carbonyl (C=O) groups is 2. The van der Waals surface area contributed by atoms with E-state index >= 15 is 0 Å². The fourth-order valence-electron chi connectivity index (χ4n) is 2.47. The van der Waals surface area contributed by atoms with E-state index in [4.69, 9.17) is 4.74 Å². The van der Waals surface area contributed by atoms with Gasteiger partial charge < -0.3 is 14.5 Å². The Kier molecular flexibility index (Phi) is 4.71. The molecule has 0 N–H and O–H groups in total. The smallest absolute Gasteiger partial charge is 0.329 e. The molecule has 1 aliphatic rings. The summed E-state index contributed by atoms with van der Waals surface area (Å²) in [5.41, 5.74) is -0.291. The van der Waals surface area contributed by atoms with Gasteiger partial charge in [-0.2, -0.15) is 0 Å². The van der Waals surface area contributed by atoms with E-state index in [9.17, 15) is 19.7 Å². The summed E-state index contributed by atoms with van der Waals surface area (Å²) in [6.45, 7) is 1.22. The van der Waals surface area contributed by atoms with E-state index < -0.39 is 22.8 Å². The molecule has 0 bridgehead atoms. The summed E-state index contributed by atoms with van der Waals surface area (Å²) in [4.78, 5) is 38.3. The van der Waals surface area contributed by atoms with Crippen LogP contribution in [0.5, 0.6) is 0 Å². The third-order valence-corrected chi connectivity index (χ3v) is 3.65. The molecule has 0 aliphatic carbocycles. The average molecular weight is 307 g/mol. The fourth-order valence-corrected chi connectivity index (χ4v) is 2.47. The Balaban J connectivity index is 2.34. The monoisotopic (exact) mass is 307 g/mol. The van der Waals surface area contributed by atoms with Gasteiger partial charge in [0.1, 0.15) is 11.6 Å². The predicted molar refractivity (Wildman–Crippen MR) is 77.4 cm³/mol. The van der Waals surface area contributed by atoms with Gasteiger partial charge in [0.2, 0.25) is 0 Å². The van der Waals surface area contributed by atoms with Crippen molar-refractivity contribution in [2.24, 2.45) is 0 Å². The van der Waals surface area contributed by atoms with Gasteiger partial charge in [0.15, 0.2) is 0 Å². The number of esters is 1. The lowest BCUT2D eigenvalue weighted by molar-refractivity contribution is -0.385. The number of piperazine rings is 1. The van der Waals surface area contributed by atoms with Gasteiger partial charge in [0.25, 0.3) is 11.6 Å². The van der Waals surface area contributed by atoms with Crippen molar-refractivity contribution in [3.05, 3.63) is 39.9 Å². The lowest BCUT2D eigenvalue weighted by Gasteiger charge is -2.38. The van der Waals surface area contributed by atoms with Gasteiger partial charge in [-0.3, -0.25) is 14.9 Å². The number of benzene rings is 1. The first-order valence-corrected chi connectivity index (χ1v) is 6.76. The Labute approximate surface area is 127 Å². The van der Waals surface area contributed by atoms with E-state index in [1.165, 1.54) is 30.2 Å². The predicted octanol–water partition coefficient (Wildman–Crippen LogP) is 0.524. The van der Waals surface area contributed by atoms with Crippen molar-refractivity contribution in [3.63, 3.8) is 0 Å². The minimum atomic E-state index is -0.768. The first-order valence-electron chi connectivity index (χ1n) is 6.76. The Bertz CT molecular complexity index is 604. The van der Waals surface area contributed by atoms with E-state index in [0.717, 1.165) is 0 Å². The number of methoxy groups -OCH3 is 1. The van der Waals surface area contributed by atoms with E-state index in [2.05, 4.69) is 0 Å². The van der Waals surface area contributed by atoms with Crippen molar-refractivity contribution in [1.82, 2.24) is 9.80 Å². The van der Waals surface area contributed by atoms with Crippen molar-refractivity contribution < 1.29 is 19.2 Å². The maximum atomic E-state index is 12.7. The van der Waals surface area contributed by atoms with Crippen LogP contribution in [0.3, 0.4) is 0 Å². The first-order chi connectivity index (χ1) is 10.5. The number of para-hydroxylation sites is 1. The largest absolute Gasteiger partial charge is 0.467 e. The number of nitro groups is 1. The fraction of sp³-hybridized carbons (Fsp3) is 0.429. The maximum absolute atomic E-state index is 12.7. The van der Waals surface area contributed by atoms with E-state index in [0.29, 0.717) is 19.6 Å². The van der Waals surface area contributed by atoms with Crippen LogP contribution in [0.4, 0.5) is 5.69 Å². The lowest BCUT2D eigenvalue weighted by Crippen LogP contribution is -2.57. The molecule has 1 unspecified atom stereocenters. The highest BCUT2D eigenvalue weighted by Crippen LogP contribution is 2.22. The molecule has 0 radical (unpaired) electrons.